The summed E-state index contributed by atoms with van der Waals surface area (Å²) >= 11 is 0. The summed E-state index contributed by atoms with van der Waals surface area (Å²) in [5.41, 5.74) is 0. The average Bonchev–Trinajstić information content (AvgIpc) is 2.31. The lowest BCUT2D eigenvalue weighted by atomic mass is 10.6. The highest BCUT2D eigenvalue weighted by atomic mass is 16.2. The van der Waals surface area contributed by atoms with Crippen molar-refractivity contribution < 1.29 is 9.59 Å². The number of nitrogens with zero attached hydrogens (tertiary/aromatic N) is 2. The van der Waals surface area contributed by atoms with E-state index in [0.717, 1.165) is 0 Å². The van der Waals surface area contributed by atoms with Gasteiger partial charge in [-0.15, -0.1) is 0 Å². The zero-order valence-corrected chi connectivity index (χ0v) is 5.33. The molecule has 1 heterocycles. The van der Waals surface area contributed by atoms with Crippen molar-refractivity contribution in [1.29, 1.82) is 0 Å². The lowest BCUT2D eigenvalue weighted by Crippen LogP contribution is -2.27. The zero-order chi connectivity index (χ0) is 7.40. The summed E-state index contributed by atoms with van der Waals surface area (Å²) in [6.07, 6.45) is 1.37. The summed E-state index contributed by atoms with van der Waals surface area (Å²) in [4.78, 5) is 25.0. The average molecular weight is 141 g/mol. The van der Waals surface area contributed by atoms with E-state index >= 15 is 0 Å². The molecule has 0 aromatic heterocycles. The Hall–Kier alpha value is -1.35. The Kier molecular flexibility index (Phi) is 2.02. The van der Waals surface area contributed by atoms with Crippen molar-refractivity contribution in [3.8, 4) is 0 Å². The zero-order valence-electron chi connectivity index (χ0n) is 5.33. The van der Waals surface area contributed by atoms with Gasteiger partial charge in [-0.2, -0.15) is 4.99 Å². The first-order chi connectivity index (χ1) is 4.84. The van der Waals surface area contributed by atoms with Gasteiger partial charge in [0.05, 0.1) is 0 Å². The maximum atomic E-state index is 10.7. The van der Waals surface area contributed by atoms with Crippen molar-refractivity contribution in [3.05, 3.63) is 0 Å². The molecule has 1 aliphatic rings. The second-order valence-electron chi connectivity index (χ2n) is 1.89. The summed E-state index contributed by atoms with van der Waals surface area (Å²) < 4.78 is 0. The maximum absolute atomic E-state index is 10.7. The van der Waals surface area contributed by atoms with Crippen LogP contribution < -0.4 is 5.32 Å². The number of aliphatic imine (C=N–C) groups is 1. The molecule has 1 saturated heterocycles. The van der Waals surface area contributed by atoms with Crippen molar-refractivity contribution >= 4 is 12.1 Å². The largest absolute Gasteiger partial charge is 0.336 e. The standard InChI is InChI=1S/C5H7N3O2/c9-4-6-3-8-2-1-7-5(8)10/h1-3H2,(H,7,10). The van der Waals surface area contributed by atoms with E-state index in [9.17, 15) is 9.59 Å². The third-order valence-corrected chi connectivity index (χ3v) is 1.25. The number of hydrogen-bond acceptors (Lipinski definition) is 3. The van der Waals surface area contributed by atoms with Crippen LogP contribution in [0.25, 0.3) is 0 Å². The van der Waals surface area contributed by atoms with Crippen LogP contribution in [0, 0.1) is 0 Å². The van der Waals surface area contributed by atoms with Crippen LogP contribution >= 0.6 is 0 Å². The molecule has 1 fully saturated rings. The molecule has 0 unspecified atom stereocenters. The van der Waals surface area contributed by atoms with E-state index in [0.29, 0.717) is 13.1 Å². The molecular weight excluding hydrogens is 134 g/mol. The van der Waals surface area contributed by atoms with Crippen LogP contribution in [0.5, 0.6) is 0 Å². The molecule has 0 aromatic rings. The minimum Gasteiger partial charge on any atom is -0.336 e. The Morgan fingerprint density at radius 1 is 1.80 bits per heavy atom. The van der Waals surface area contributed by atoms with E-state index in [1.54, 1.807) is 0 Å². The lowest BCUT2D eigenvalue weighted by molar-refractivity contribution is 0.219. The van der Waals surface area contributed by atoms with Gasteiger partial charge >= 0.3 is 6.03 Å². The van der Waals surface area contributed by atoms with Crippen LogP contribution in [-0.2, 0) is 4.79 Å². The fraction of sp³-hybridized carbons (Fsp3) is 0.600. The number of nitrogens with one attached hydrogen (secondary N) is 1. The number of carbonyl (C=O) groups excluding carboxylic acids is 2. The Morgan fingerprint density at radius 2 is 2.60 bits per heavy atom. The van der Waals surface area contributed by atoms with E-state index in [2.05, 4.69) is 10.3 Å². The molecule has 5 heteroatoms. The van der Waals surface area contributed by atoms with Crippen molar-refractivity contribution in [3.63, 3.8) is 0 Å². The van der Waals surface area contributed by atoms with Crippen LogP contribution in [0.3, 0.4) is 0 Å². The minimum atomic E-state index is -0.168. The SMILES string of the molecule is O=C=NCN1CCNC1=O. The van der Waals surface area contributed by atoms with Crippen LogP contribution in [0.4, 0.5) is 4.79 Å². The van der Waals surface area contributed by atoms with Gasteiger partial charge < -0.3 is 10.2 Å². The van der Waals surface area contributed by atoms with Crippen molar-refractivity contribution in [2.24, 2.45) is 4.99 Å². The van der Waals surface area contributed by atoms with E-state index in [1.165, 1.54) is 11.0 Å². The Balaban J connectivity index is 2.40. The molecule has 0 radical (unpaired) electrons. The highest BCUT2D eigenvalue weighted by Crippen LogP contribution is 1.94. The number of hydrogen-bond donors (Lipinski definition) is 1. The normalized spacial score (nSPS) is 16.4. The van der Waals surface area contributed by atoms with Gasteiger partial charge in [0.25, 0.3) is 0 Å². The second kappa shape index (κ2) is 2.98. The Bertz CT molecular complexity index is 185. The summed E-state index contributed by atoms with van der Waals surface area (Å²) in [5, 5.41) is 2.58. The van der Waals surface area contributed by atoms with Crippen molar-refractivity contribution in [2.75, 3.05) is 19.8 Å². The van der Waals surface area contributed by atoms with Crippen molar-refractivity contribution in [2.45, 2.75) is 0 Å². The van der Waals surface area contributed by atoms with Crippen molar-refractivity contribution in [1.82, 2.24) is 10.2 Å². The summed E-state index contributed by atoms with van der Waals surface area (Å²) in [6, 6.07) is -0.168. The summed E-state index contributed by atoms with van der Waals surface area (Å²) in [5.74, 6) is 0. The topological polar surface area (TPSA) is 61.8 Å². The predicted octanol–water partition coefficient (Wildman–Crippen LogP) is -0.695. The monoisotopic (exact) mass is 141 g/mol. The summed E-state index contributed by atoms with van der Waals surface area (Å²) in [6.45, 7) is 1.37. The van der Waals surface area contributed by atoms with E-state index < -0.39 is 0 Å². The lowest BCUT2D eigenvalue weighted by Gasteiger charge is -2.07. The van der Waals surface area contributed by atoms with Gasteiger partial charge in [0.1, 0.15) is 6.67 Å². The van der Waals surface area contributed by atoms with Crippen LogP contribution in [-0.4, -0.2) is 36.8 Å². The molecule has 0 aromatic carbocycles. The quantitative estimate of drug-likeness (QED) is 0.408. The molecule has 5 nitrogen and oxygen atoms in total. The van der Waals surface area contributed by atoms with E-state index in [-0.39, 0.29) is 12.7 Å². The molecule has 0 atom stereocenters. The van der Waals surface area contributed by atoms with Gasteiger partial charge in [-0.1, -0.05) is 0 Å². The molecule has 10 heavy (non-hydrogen) atoms. The highest BCUT2D eigenvalue weighted by molar-refractivity contribution is 5.76. The van der Waals surface area contributed by atoms with E-state index in [4.69, 9.17) is 0 Å². The smallest absolute Gasteiger partial charge is 0.319 e. The molecule has 0 bridgehead atoms. The number of carbonyl (C=O) groups is 1. The molecule has 54 valence electrons. The first-order valence-corrected chi connectivity index (χ1v) is 2.91. The molecule has 1 aliphatic heterocycles. The van der Waals surface area contributed by atoms with Gasteiger partial charge in [0, 0.05) is 13.1 Å². The van der Waals surface area contributed by atoms with Gasteiger partial charge in [0.2, 0.25) is 6.08 Å². The number of amides is 2. The molecule has 1 rings (SSSR count). The van der Waals surface area contributed by atoms with Gasteiger partial charge in [0.15, 0.2) is 0 Å². The first kappa shape index (κ1) is 6.77. The fourth-order valence-corrected chi connectivity index (χ4v) is 0.760. The maximum Gasteiger partial charge on any atom is 0.319 e. The molecule has 0 aliphatic carbocycles. The van der Waals surface area contributed by atoms with Crippen LogP contribution in [0.15, 0.2) is 4.99 Å². The third kappa shape index (κ3) is 1.33. The number of rotatable bonds is 2. The number of urea groups is 1. The Labute approximate surface area is 57.7 Å². The molecule has 0 spiro atoms. The number of isocyanates is 1. The molecule has 2 amide bonds. The molecule has 0 saturated carbocycles. The highest BCUT2D eigenvalue weighted by Gasteiger charge is 2.17. The molecule has 1 N–H and O–H groups in total. The summed E-state index contributed by atoms with van der Waals surface area (Å²) in [7, 11) is 0. The van der Waals surface area contributed by atoms with E-state index in [1.807, 2.05) is 0 Å². The van der Waals surface area contributed by atoms with Crippen LogP contribution in [0.1, 0.15) is 0 Å². The fourth-order valence-electron chi connectivity index (χ4n) is 0.760. The first-order valence-electron chi connectivity index (χ1n) is 2.91. The minimum absolute atomic E-state index is 0.120. The second-order valence-corrected chi connectivity index (χ2v) is 1.89. The molecular formula is C5H7N3O2. The van der Waals surface area contributed by atoms with Crippen LogP contribution in [0.2, 0.25) is 0 Å². The predicted molar refractivity (Wildman–Crippen MR) is 33.1 cm³/mol. The Morgan fingerprint density at radius 3 is 3.10 bits per heavy atom. The van der Waals surface area contributed by atoms with Gasteiger partial charge in [-0.3, -0.25) is 0 Å². The third-order valence-electron chi connectivity index (χ3n) is 1.25. The van der Waals surface area contributed by atoms with Gasteiger partial charge in [-0.25, -0.2) is 9.59 Å². The van der Waals surface area contributed by atoms with Gasteiger partial charge in [-0.05, 0) is 0 Å².